The van der Waals surface area contributed by atoms with Gasteiger partial charge in [0.05, 0.1) is 25.8 Å². The summed E-state index contributed by atoms with van der Waals surface area (Å²) in [6.07, 6.45) is 0.0108. The summed E-state index contributed by atoms with van der Waals surface area (Å²) in [6, 6.07) is 0. The fourth-order valence-electron chi connectivity index (χ4n) is 2.13. The van der Waals surface area contributed by atoms with Crippen LogP contribution in [0.4, 0.5) is 0 Å². The van der Waals surface area contributed by atoms with Crippen LogP contribution in [0.3, 0.4) is 0 Å². The van der Waals surface area contributed by atoms with Crippen LogP contribution in [-0.4, -0.2) is 68.7 Å². The molecular weight excluding hydrogens is 260 g/mol. The van der Waals surface area contributed by atoms with Gasteiger partial charge in [0.15, 0.2) is 0 Å². The minimum Gasteiger partial charge on any atom is -0.374 e. The number of carbonyl (C=O) groups excluding carboxylic acids is 2. The molecule has 7 nitrogen and oxygen atoms in total. The molecule has 0 aliphatic carbocycles. The van der Waals surface area contributed by atoms with Crippen LogP contribution in [0.25, 0.3) is 0 Å². The standard InChI is InChI=1S/C13H26N4O3/c1-10(2)8-17-3-4-20-11(9-17)6-15-13(19)7-16-12(18)5-14/h10-11H,3-9,14H2,1-2H3,(H,15,19)(H,16,18). The van der Waals surface area contributed by atoms with Crippen molar-refractivity contribution < 1.29 is 14.3 Å². The van der Waals surface area contributed by atoms with Crippen LogP contribution < -0.4 is 16.4 Å². The first-order valence-corrected chi connectivity index (χ1v) is 7.08. The highest BCUT2D eigenvalue weighted by molar-refractivity contribution is 5.85. The van der Waals surface area contributed by atoms with E-state index in [4.69, 9.17) is 10.5 Å². The lowest BCUT2D eigenvalue weighted by atomic mass is 10.2. The van der Waals surface area contributed by atoms with E-state index < -0.39 is 0 Å². The smallest absolute Gasteiger partial charge is 0.239 e. The average Bonchev–Trinajstić information content (AvgIpc) is 2.42. The maximum Gasteiger partial charge on any atom is 0.239 e. The van der Waals surface area contributed by atoms with Gasteiger partial charge in [-0.1, -0.05) is 13.8 Å². The topological polar surface area (TPSA) is 96.7 Å². The molecule has 1 rings (SSSR count). The van der Waals surface area contributed by atoms with Gasteiger partial charge in [-0.05, 0) is 5.92 Å². The molecule has 0 aromatic heterocycles. The van der Waals surface area contributed by atoms with E-state index >= 15 is 0 Å². The van der Waals surface area contributed by atoms with Crippen LogP contribution in [0, 0.1) is 5.92 Å². The summed E-state index contributed by atoms with van der Waals surface area (Å²) < 4.78 is 5.62. The molecule has 1 heterocycles. The van der Waals surface area contributed by atoms with Gasteiger partial charge in [0.1, 0.15) is 0 Å². The molecule has 0 spiro atoms. The maximum atomic E-state index is 11.5. The molecule has 20 heavy (non-hydrogen) atoms. The van der Waals surface area contributed by atoms with Crippen molar-refractivity contribution in [3.05, 3.63) is 0 Å². The molecule has 1 saturated heterocycles. The van der Waals surface area contributed by atoms with Gasteiger partial charge in [-0.2, -0.15) is 0 Å². The summed E-state index contributed by atoms with van der Waals surface area (Å²) in [6.45, 7) is 8.19. The van der Waals surface area contributed by atoms with Crippen molar-refractivity contribution in [1.82, 2.24) is 15.5 Å². The van der Waals surface area contributed by atoms with Crippen LogP contribution in [0.2, 0.25) is 0 Å². The summed E-state index contributed by atoms with van der Waals surface area (Å²) in [5.74, 6) is 0.0587. The quantitative estimate of drug-likeness (QED) is 0.531. The third-order valence-electron chi connectivity index (χ3n) is 3.00. The van der Waals surface area contributed by atoms with E-state index in [9.17, 15) is 9.59 Å². The molecule has 4 N–H and O–H groups in total. The van der Waals surface area contributed by atoms with E-state index in [-0.39, 0.29) is 31.0 Å². The van der Waals surface area contributed by atoms with Gasteiger partial charge in [-0.25, -0.2) is 0 Å². The molecule has 0 radical (unpaired) electrons. The van der Waals surface area contributed by atoms with Gasteiger partial charge >= 0.3 is 0 Å². The second kappa shape index (κ2) is 8.89. The number of morpholine rings is 1. The molecular formula is C13H26N4O3. The fourth-order valence-corrected chi connectivity index (χ4v) is 2.13. The number of ether oxygens (including phenoxy) is 1. The number of carbonyl (C=O) groups is 2. The minimum absolute atomic E-state index is 0.0108. The zero-order valence-corrected chi connectivity index (χ0v) is 12.4. The van der Waals surface area contributed by atoms with Crippen LogP contribution >= 0.6 is 0 Å². The number of nitrogens with two attached hydrogens (primary N) is 1. The predicted molar refractivity (Wildman–Crippen MR) is 76.1 cm³/mol. The van der Waals surface area contributed by atoms with E-state index in [1.54, 1.807) is 0 Å². The first-order valence-electron chi connectivity index (χ1n) is 7.08. The van der Waals surface area contributed by atoms with Gasteiger partial charge in [-0.3, -0.25) is 14.5 Å². The molecule has 1 atom stereocenters. The highest BCUT2D eigenvalue weighted by Gasteiger charge is 2.21. The van der Waals surface area contributed by atoms with Crippen molar-refractivity contribution in [3.8, 4) is 0 Å². The van der Waals surface area contributed by atoms with E-state index in [2.05, 4.69) is 29.4 Å². The van der Waals surface area contributed by atoms with Gasteiger partial charge in [-0.15, -0.1) is 0 Å². The fraction of sp³-hybridized carbons (Fsp3) is 0.846. The molecule has 1 unspecified atom stereocenters. The first kappa shape index (κ1) is 16.9. The van der Waals surface area contributed by atoms with Crippen molar-refractivity contribution in [1.29, 1.82) is 0 Å². The summed E-state index contributed by atoms with van der Waals surface area (Å²) in [5, 5.41) is 5.19. The monoisotopic (exact) mass is 286 g/mol. The molecule has 1 aliphatic rings. The third kappa shape index (κ3) is 6.83. The third-order valence-corrected chi connectivity index (χ3v) is 3.00. The van der Waals surface area contributed by atoms with Gasteiger partial charge in [0.25, 0.3) is 0 Å². The van der Waals surface area contributed by atoms with Crippen LogP contribution in [-0.2, 0) is 14.3 Å². The van der Waals surface area contributed by atoms with Crippen molar-refractivity contribution >= 4 is 11.8 Å². The Morgan fingerprint density at radius 2 is 2.10 bits per heavy atom. The molecule has 2 amide bonds. The van der Waals surface area contributed by atoms with Crippen molar-refractivity contribution in [2.24, 2.45) is 11.7 Å². The predicted octanol–water partition coefficient (Wildman–Crippen LogP) is -1.47. The van der Waals surface area contributed by atoms with Crippen molar-refractivity contribution in [2.75, 3.05) is 45.9 Å². The largest absolute Gasteiger partial charge is 0.374 e. The Morgan fingerprint density at radius 3 is 2.75 bits per heavy atom. The number of rotatable bonds is 7. The van der Waals surface area contributed by atoms with E-state index in [0.717, 1.165) is 19.6 Å². The Balaban J connectivity index is 2.20. The summed E-state index contributed by atoms with van der Waals surface area (Å²) >= 11 is 0. The second-order valence-corrected chi connectivity index (χ2v) is 5.43. The Bertz CT molecular complexity index is 323. The summed E-state index contributed by atoms with van der Waals surface area (Å²) in [5.41, 5.74) is 5.13. The number of nitrogens with zero attached hydrogens (tertiary/aromatic N) is 1. The molecule has 0 aromatic rings. The Labute approximate surface area is 120 Å². The molecule has 0 aromatic carbocycles. The first-order chi connectivity index (χ1) is 9.51. The highest BCUT2D eigenvalue weighted by atomic mass is 16.5. The van der Waals surface area contributed by atoms with Gasteiger partial charge in [0, 0.05) is 26.2 Å². The second-order valence-electron chi connectivity index (χ2n) is 5.43. The number of hydrogen-bond donors (Lipinski definition) is 3. The van der Waals surface area contributed by atoms with Crippen LogP contribution in [0.5, 0.6) is 0 Å². The molecule has 1 aliphatic heterocycles. The zero-order chi connectivity index (χ0) is 15.0. The summed E-state index contributed by atoms with van der Waals surface area (Å²) in [4.78, 5) is 24.8. The Kier molecular flexibility index (Phi) is 7.50. The lowest BCUT2D eigenvalue weighted by molar-refractivity contribution is -0.126. The maximum absolute atomic E-state index is 11.5. The molecule has 0 saturated carbocycles. The van der Waals surface area contributed by atoms with Crippen molar-refractivity contribution in [3.63, 3.8) is 0 Å². The lowest BCUT2D eigenvalue weighted by Crippen LogP contribution is -2.49. The van der Waals surface area contributed by atoms with E-state index in [1.807, 2.05) is 0 Å². The number of nitrogens with one attached hydrogen (secondary N) is 2. The van der Waals surface area contributed by atoms with Crippen molar-refractivity contribution in [2.45, 2.75) is 20.0 Å². The number of hydrogen-bond acceptors (Lipinski definition) is 5. The molecule has 1 fully saturated rings. The molecule has 7 heteroatoms. The van der Waals surface area contributed by atoms with Crippen LogP contribution in [0.15, 0.2) is 0 Å². The normalized spacial score (nSPS) is 19.9. The average molecular weight is 286 g/mol. The minimum atomic E-state index is -0.336. The zero-order valence-electron chi connectivity index (χ0n) is 12.4. The molecule has 0 bridgehead atoms. The molecule has 116 valence electrons. The van der Waals surface area contributed by atoms with Gasteiger partial charge in [0.2, 0.25) is 11.8 Å². The SMILES string of the molecule is CC(C)CN1CCOC(CNC(=O)CNC(=O)CN)C1. The Morgan fingerprint density at radius 1 is 1.35 bits per heavy atom. The van der Waals surface area contributed by atoms with Crippen LogP contribution in [0.1, 0.15) is 13.8 Å². The number of amides is 2. The lowest BCUT2D eigenvalue weighted by Gasteiger charge is -2.33. The Hall–Kier alpha value is -1.18. The summed E-state index contributed by atoms with van der Waals surface area (Å²) in [7, 11) is 0. The van der Waals surface area contributed by atoms with E-state index in [0.29, 0.717) is 19.1 Å². The highest BCUT2D eigenvalue weighted by Crippen LogP contribution is 2.07. The van der Waals surface area contributed by atoms with E-state index in [1.165, 1.54) is 0 Å². The van der Waals surface area contributed by atoms with Gasteiger partial charge < -0.3 is 21.1 Å².